The van der Waals surface area contributed by atoms with Crippen molar-refractivity contribution >= 4 is 42.9 Å². The summed E-state index contributed by atoms with van der Waals surface area (Å²) in [6.07, 6.45) is 2.40. The molecule has 1 amide bonds. The van der Waals surface area contributed by atoms with Gasteiger partial charge in [0.1, 0.15) is 16.0 Å². The van der Waals surface area contributed by atoms with Crippen molar-refractivity contribution < 1.29 is 22.3 Å². The third kappa shape index (κ3) is 5.86. The smallest absolute Gasteiger partial charge is 0.410 e. The molecule has 0 aliphatic heterocycles. The highest BCUT2D eigenvalue weighted by atomic mass is 79.9. The van der Waals surface area contributed by atoms with E-state index in [0.717, 1.165) is 10.0 Å². The number of aromatic nitrogens is 2. The molecule has 0 aliphatic rings. The Morgan fingerprint density at radius 2 is 1.91 bits per heavy atom. The van der Waals surface area contributed by atoms with Crippen molar-refractivity contribution in [2.75, 3.05) is 7.05 Å². The molecule has 3 aromatic rings. The largest absolute Gasteiger partial charge is 0.444 e. The summed E-state index contributed by atoms with van der Waals surface area (Å²) < 4.78 is 46.9. The molecular weight excluding hydrogens is 501 g/mol. The quantitative estimate of drug-likeness (QED) is 0.414. The van der Waals surface area contributed by atoms with Crippen LogP contribution in [0.15, 0.2) is 52.2 Å². The van der Waals surface area contributed by atoms with Crippen molar-refractivity contribution in [2.45, 2.75) is 51.7 Å². The van der Waals surface area contributed by atoms with Crippen molar-refractivity contribution in [2.24, 2.45) is 0 Å². The van der Waals surface area contributed by atoms with Crippen molar-refractivity contribution in [1.82, 2.24) is 13.9 Å². The van der Waals surface area contributed by atoms with Gasteiger partial charge in [0.2, 0.25) is 0 Å². The number of benzene rings is 1. The second-order valence-electron chi connectivity index (χ2n) is 7.77. The van der Waals surface area contributed by atoms with Crippen LogP contribution in [0, 0.1) is 5.82 Å². The number of rotatable bonds is 4. The average Bonchev–Trinajstić information content (AvgIpc) is 3.06. The van der Waals surface area contributed by atoms with Gasteiger partial charge in [-0.1, -0.05) is 19.9 Å². The number of carbonyl (C=O) groups is 1. The molecule has 0 aliphatic carbocycles. The molecule has 10 heteroatoms. The highest BCUT2D eigenvalue weighted by Gasteiger charge is 2.25. The maximum Gasteiger partial charge on any atom is 0.410 e. The Hall–Kier alpha value is -2.46. The maximum atomic E-state index is 13.6. The van der Waals surface area contributed by atoms with Crippen LogP contribution < -0.4 is 0 Å². The molecule has 0 radical (unpaired) electrons. The zero-order valence-corrected chi connectivity index (χ0v) is 21.3. The Balaban J connectivity index is 0.00000176. The lowest BCUT2D eigenvalue weighted by atomic mass is 10.2. The summed E-state index contributed by atoms with van der Waals surface area (Å²) in [4.78, 5) is 17.7. The number of nitrogens with zero attached hydrogens (tertiary/aromatic N) is 3. The van der Waals surface area contributed by atoms with Gasteiger partial charge in [-0.15, -0.1) is 0 Å². The minimum absolute atomic E-state index is 0.0976. The van der Waals surface area contributed by atoms with Crippen molar-refractivity contribution in [3.63, 3.8) is 0 Å². The van der Waals surface area contributed by atoms with Gasteiger partial charge in [0, 0.05) is 24.8 Å². The molecular formula is C22H27BrFN3O4S. The van der Waals surface area contributed by atoms with Gasteiger partial charge in [-0.25, -0.2) is 26.6 Å². The van der Waals surface area contributed by atoms with Crippen molar-refractivity contribution in [3.8, 4) is 0 Å². The van der Waals surface area contributed by atoms with Gasteiger partial charge in [-0.05, 0) is 66.5 Å². The molecule has 0 fully saturated rings. The van der Waals surface area contributed by atoms with Crippen LogP contribution in [0.2, 0.25) is 0 Å². The van der Waals surface area contributed by atoms with Gasteiger partial charge in [0.05, 0.1) is 17.0 Å². The predicted molar refractivity (Wildman–Crippen MR) is 125 cm³/mol. The zero-order chi connectivity index (χ0) is 24.3. The van der Waals surface area contributed by atoms with Gasteiger partial charge in [-0.3, -0.25) is 0 Å². The van der Waals surface area contributed by atoms with Crippen LogP contribution in [0.4, 0.5) is 9.18 Å². The third-order valence-corrected chi connectivity index (χ3v) is 6.27. The lowest BCUT2D eigenvalue weighted by molar-refractivity contribution is 0.0286. The van der Waals surface area contributed by atoms with E-state index in [1.165, 1.54) is 35.5 Å². The molecule has 2 aromatic heterocycles. The Kier molecular flexibility index (Phi) is 8.06. The first kappa shape index (κ1) is 25.8. The van der Waals surface area contributed by atoms with Crippen LogP contribution in [0.1, 0.15) is 40.2 Å². The van der Waals surface area contributed by atoms with E-state index in [9.17, 15) is 17.6 Å². The first-order chi connectivity index (χ1) is 14.9. The molecule has 174 valence electrons. The number of halogens is 2. The molecule has 0 bridgehead atoms. The van der Waals surface area contributed by atoms with Crippen LogP contribution in [0.25, 0.3) is 10.9 Å². The van der Waals surface area contributed by atoms with E-state index in [1.54, 1.807) is 33.9 Å². The van der Waals surface area contributed by atoms with Crippen molar-refractivity contribution in [1.29, 1.82) is 0 Å². The zero-order valence-electron chi connectivity index (χ0n) is 18.9. The third-order valence-electron chi connectivity index (χ3n) is 4.17. The fraction of sp³-hybridized carbons (Fsp3) is 0.364. The Bertz CT molecular complexity index is 1220. The van der Waals surface area contributed by atoms with E-state index in [2.05, 4.69) is 20.9 Å². The molecule has 0 N–H and O–H groups in total. The number of hydrogen-bond acceptors (Lipinski definition) is 5. The number of hydrogen-bond donors (Lipinski definition) is 0. The fourth-order valence-electron chi connectivity index (χ4n) is 2.86. The molecule has 1 aromatic carbocycles. The van der Waals surface area contributed by atoms with Crippen LogP contribution in [0.5, 0.6) is 0 Å². The van der Waals surface area contributed by atoms with E-state index in [-0.39, 0.29) is 11.4 Å². The minimum atomic E-state index is -4.08. The van der Waals surface area contributed by atoms with E-state index < -0.39 is 27.5 Å². The Labute approximate surface area is 196 Å². The van der Waals surface area contributed by atoms with Crippen LogP contribution in [0.3, 0.4) is 0 Å². The molecule has 0 saturated heterocycles. The molecule has 3 rings (SSSR count). The fourth-order valence-corrected chi connectivity index (χ4v) is 4.59. The summed E-state index contributed by atoms with van der Waals surface area (Å²) in [6.45, 7) is 9.38. The number of carbonyl (C=O) groups excluding carboxylic acids is 1. The van der Waals surface area contributed by atoms with Crippen LogP contribution in [-0.2, 0) is 21.3 Å². The first-order valence-corrected chi connectivity index (χ1v) is 12.2. The number of ether oxygens (including phenoxy) is 1. The predicted octanol–water partition coefficient (Wildman–Crippen LogP) is 5.57. The summed E-state index contributed by atoms with van der Waals surface area (Å²) in [5.41, 5.74) is 0.249. The summed E-state index contributed by atoms with van der Waals surface area (Å²) in [7, 11) is -2.52. The molecule has 0 unspecified atom stereocenters. The number of amides is 1. The Morgan fingerprint density at radius 1 is 1.25 bits per heavy atom. The van der Waals surface area contributed by atoms with Crippen molar-refractivity contribution in [3.05, 3.63) is 58.7 Å². The van der Waals surface area contributed by atoms with Gasteiger partial charge in [-0.2, -0.15) is 0 Å². The number of fused-ring (bicyclic) bond motifs is 1. The lowest BCUT2D eigenvalue weighted by Crippen LogP contribution is -2.33. The second-order valence-corrected chi connectivity index (χ2v) is 10.4. The minimum Gasteiger partial charge on any atom is -0.444 e. The second kappa shape index (κ2) is 9.99. The SMILES string of the molecule is CC.CN(Cc1cn(S(=O)(=O)c2cccc(F)c2)c2cc(Br)ncc12)C(=O)OC(C)(C)C. The Morgan fingerprint density at radius 3 is 2.50 bits per heavy atom. The molecule has 0 spiro atoms. The van der Waals surface area contributed by atoms with E-state index in [1.807, 2.05) is 13.8 Å². The number of pyridine rings is 1. The van der Waals surface area contributed by atoms with E-state index in [0.29, 0.717) is 21.1 Å². The normalized spacial score (nSPS) is 11.6. The lowest BCUT2D eigenvalue weighted by Gasteiger charge is -2.24. The maximum absolute atomic E-state index is 13.6. The van der Waals surface area contributed by atoms with Crippen LogP contribution in [-0.4, -0.2) is 41.0 Å². The topological polar surface area (TPSA) is 81.5 Å². The van der Waals surface area contributed by atoms with Gasteiger partial charge >= 0.3 is 6.09 Å². The summed E-state index contributed by atoms with van der Waals surface area (Å²) in [5, 5.41) is 0.550. The highest BCUT2D eigenvalue weighted by molar-refractivity contribution is 9.10. The molecule has 0 atom stereocenters. The molecule has 2 heterocycles. The standard InChI is InChI=1S/C20H21BrFN3O4S.C2H6/c1-20(2,3)29-19(26)24(4)11-13-12-25(17-9-18(21)23-10-16(13)17)30(27,28)15-7-5-6-14(22)8-15;1-2/h5-10,12H,11H2,1-4H3;1-2H3. The van der Waals surface area contributed by atoms with Gasteiger partial charge in [0.25, 0.3) is 10.0 Å². The summed E-state index contributed by atoms with van der Waals surface area (Å²) in [5.74, 6) is -0.653. The van der Waals surface area contributed by atoms with Gasteiger partial charge < -0.3 is 9.64 Å². The monoisotopic (exact) mass is 527 g/mol. The summed E-state index contributed by atoms with van der Waals surface area (Å²) in [6, 6.07) is 6.36. The van der Waals surface area contributed by atoms with E-state index in [4.69, 9.17) is 4.74 Å². The van der Waals surface area contributed by atoms with E-state index >= 15 is 0 Å². The molecule has 0 saturated carbocycles. The highest BCUT2D eigenvalue weighted by Crippen LogP contribution is 2.28. The molecule has 32 heavy (non-hydrogen) atoms. The van der Waals surface area contributed by atoms with Gasteiger partial charge in [0.15, 0.2) is 0 Å². The van der Waals surface area contributed by atoms with Crippen LogP contribution >= 0.6 is 15.9 Å². The first-order valence-electron chi connectivity index (χ1n) is 9.99. The molecule has 7 nitrogen and oxygen atoms in total. The summed E-state index contributed by atoms with van der Waals surface area (Å²) >= 11 is 3.25. The average molecular weight is 528 g/mol.